The molecule has 0 saturated carbocycles. The summed E-state index contributed by atoms with van der Waals surface area (Å²) < 4.78 is 0. The van der Waals surface area contributed by atoms with Gasteiger partial charge in [-0.25, -0.2) is 0 Å². The highest BCUT2D eigenvalue weighted by Crippen LogP contribution is 2.16. The van der Waals surface area contributed by atoms with E-state index >= 15 is 0 Å². The van der Waals surface area contributed by atoms with Gasteiger partial charge in [0.1, 0.15) is 0 Å². The van der Waals surface area contributed by atoms with Gasteiger partial charge in [0.2, 0.25) is 11.6 Å². The first-order chi connectivity index (χ1) is 5.79. The fourth-order valence-electron chi connectivity index (χ4n) is 1.22. The molecule has 3 heteroatoms. The van der Waals surface area contributed by atoms with Crippen LogP contribution >= 0.6 is 0 Å². The number of carbonyl (C=O) groups excluding carboxylic acids is 2. The van der Waals surface area contributed by atoms with Gasteiger partial charge in [0.05, 0.1) is 0 Å². The van der Waals surface area contributed by atoms with Crippen LogP contribution in [0.1, 0.15) is 15.9 Å². The predicted molar refractivity (Wildman–Crippen MR) is 49.8 cm³/mol. The van der Waals surface area contributed by atoms with Gasteiger partial charge in [-0.3, -0.25) is 9.59 Å². The van der Waals surface area contributed by atoms with Gasteiger partial charge in [-0.15, -0.1) is 0 Å². The van der Waals surface area contributed by atoms with Crippen LogP contribution in [0.3, 0.4) is 0 Å². The molecular formula is C10H9NO2. The number of hydrogen-bond acceptors (Lipinski definition) is 3. The average Bonchev–Trinajstić information content (AvgIpc) is 2.12. The third kappa shape index (κ3) is 1.41. The van der Waals surface area contributed by atoms with Crippen molar-refractivity contribution < 1.29 is 9.59 Å². The van der Waals surface area contributed by atoms with Crippen molar-refractivity contribution in [3.05, 3.63) is 41.5 Å². The van der Waals surface area contributed by atoms with Crippen LogP contribution in [0.5, 0.6) is 0 Å². The molecule has 0 bridgehead atoms. The van der Waals surface area contributed by atoms with Gasteiger partial charge in [-0.1, -0.05) is 30.3 Å². The van der Waals surface area contributed by atoms with Crippen LogP contribution in [0.4, 0.5) is 0 Å². The maximum Gasteiger partial charge on any atom is 0.233 e. The van der Waals surface area contributed by atoms with Crippen molar-refractivity contribution in [2.45, 2.75) is 0 Å². The van der Waals surface area contributed by atoms with Crippen molar-refractivity contribution in [3.8, 4) is 0 Å². The number of allylic oxidation sites excluding steroid dienone is 1. The van der Waals surface area contributed by atoms with E-state index in [4.69, 9.17) is 0 Å². The predicted octanol–water partition coefficient (Wildman–Crippen LogP) is 1.63. The molecule has 3 N–H and O–H groups in total. The maximum absolute atomic E-state index is 11.2. The molecule has 0 amide bonds. The molecule has 66 valence electrons. The lowest BCUT2D eigenvalue weighted by Crippen LogP contribution is -2.15. The second-order valence-electron chi connectivity index (χ2n) is 2.61. The maximum atomic E-state index is 11.2. The summed E-state index contributed by atoms with van der Waals surface area (Å²) in [5, 5.41) is 0. The summed E-state index contributed by atoms with van der Waals surface area (Å²) in [6.45, 7) is 0. The monoisotopic (exact) mass is 175 g/mol. The minimum absolute atomic E-state index is 0. The highest BCUT2D eigenvalue weighted by Gasteiger charge is 2.19. The van der Waals surface area contributed by atoms with Crippen LogP contribution < -0.4 is 6.15 Å². The van der Waals surface area contributed by atoms with Crippen molar-refractivity contribution in [3.63, 3.8) is 0 Å². The molecule has 0 fully saturated rings. The summed E-state index contributed by atoms with van der Waals surface area (Å²) in [5.74, 6) is -0.846. The van der Waals surface area contributed by atoms with Gasteiger partial charge in [-0.2, -0.15) is 0 Å². The smallest absolute Gasteiger partial charge is 0.233 e. The highest BCUT2D eigenvalue weighted by molar-refractivity contribution is 6.49. The molecule has 1 aliphatic rings. The number of carbonyl (C=O) groups is 2. The van der Waals surface area contributed by atoms with Crippen LogP contribution in [0.25, 0.3) is 6.08 Å². The molecule has 0 heterocycles. The molecule has 0 spiro atoms. The highest BCUT2D eigenvalue weighted by atomic mass is 16.2. The van der Waals surface area contributed by atoms with Gasteiger partial charge in [-0.05, 0) is 11.6 Å². The Morgan fingerprint density at radius 2 is 1.62 bits per heavy atom. The normalized spacial score (nSPS) is 13.5. The lowest BCUT2D eigenvalue weighted by Gasteiger charge is -2.06. The van der Waals surface area contributed by atoms with E-state index in [9.17, 15) is 9.59 Å². The van der Waals surface area contributed by atoms with Crippen LogP contribution in [-0.4, -0.2) is 11.6 Å². The zero-order chi connectivity index (χ0) is 8.55. The first-order valence-electron chi connectivity index (χ1n) is 3.65. The third-order valence-corrected chi connectivity index (χ3v) is 1.84. The summed E-state index contributed by atoms with van der Waals surface area (Å²) in [6.07, 6.45) is 2.98. The Kier molecular flexibility index (Phi) is 2.39. The Morgan fingerprint density at radius 3 is 2.38 bits per heavy atom. The number of hydrogen-bond donors (Lipinski definition) is 1. The van der Waals surface area contributed by atoms with Gasteiger partial charge in [0.15, 0.2) is 0 Å². The van der Waals surface area contributed by atoms with E-state index in [0.29, 0.717) is 5.56 Å². The number of Topliss-reactive ketones (excluding diaryl/α,β-unsaturated/α-hetero) is 1. The second kappa shape index (κ2) is 3.33. The summed E-state index contributed by atoms with van der Waals surface area (Å²) in [6, 6.07) is 7.07. The van der Waals surface area contributed by atoms with Crippen molar-refractivity contribution in [2.24, 2.45) is 0 Å². The molecule has 2 rings (SSSR count). The third-order valence-electron chi connectivity index (χ3n) is 1.84. The van der Waals surface area contributed by atoms with E-state index in [2.05, 4.69) is 0 Å². The van der Waals surface area contributed by atoms with E-state index in [1.54, 1.807) is 18.2 Å². The minimum Gasteiger partial charge on any atom is -0.344 e. The van der Waals surface area contributed by atoms with E-state index in [1.165, 1.54) is 6.08 Å². The minimum atomic E-state index is -0.436. The molecule has 0 saturated heterocycles. The number of ketones is 2. The SMILES string of the molecule is N.O=C1C=Cc2ccccc2C1=O. The lowest BCUT2D eigenvalue weighted by molar-refractivity contribution is -0.110. The van der Waals surface area contributed by atoms with Crippen molar-refractivity contribution >= 4 is 17.6 Å². The summed E-state index contributed by atoms with van der Waals surface area (Å²) in [4.78, 5) is 22.1. The molecule has 0 aliphatic heterocycles. The number of benzene rings is 1. The standard InChI is InChI=1S/C10H6O2.H3N/c11-9-6-5-7-3-1-2-4-8(7)10(9)12;/h1-6H;1H3. The van der Waals surface area contributed by atoms with Crippen LogP contribution in [0.2, 0.25) is 0 Å². The zero-order valence-corrected chi connectivity index (χ0v) is 6.99. The topological polar surface area (TPSA) is 69.1 Å². The molecular weight excluding hydrogens is 166 g/mol. The fourth-order valence-corrected chi connectivity index (χ4v) is 1.22. The average molecular weight is 175 g/mol. The lowest BCUT2D eigenvalue weighted by atomic mass is 9.96. The molecule has 1 aromatic rings. The Morgan fingerprint density at radius 1 is 0.923 bits per heavy atom. The Hall–Kier alpha value is -1.74. The summed E-state index contributed by atoms with van der Waals surface area (Å²) >= 11 is 0. The Bertz CT molecular complexity index is 394. The van der Waals surface area contributed by atoms with Crippen LogP contribution in [0, 0.1) is 0 Å². The van der Waals surface area contributed by atoms with E-state index < -0.39 is 11.6 Å². The van der Waals surface area contributed by atoms with Gasteiger partial charge in [0.25, 0.3) is 0 Å². The first-order valence-corrected chi connectivity index (χ1v) is 3.65. The molecule has 0 atom stereocenters. The number of fused-ring (bicyclic) bond motifs is 1. The quantitative estimate of drug-likeness (QED) is 0.609. The summed E-state index contributed by atoms with van der Waals surface area (Å²) in [7, 11) is 0. The molecule has 0 aromatic heterocycles. The van der Waals surface area contributed by atoms with Crippen molar-refractivity contribution in [1.29, 1.82) is 0 Å². The van der Waals surface area contributed by atoms with Gasteiger partial charge >= 0.3 is 0 Å². The Labute approximate surface area is 75.7 Å². The van der Waals surface area contributed by atoms with E-state index in [1.807, 2.05) is 12.1 Å². The first kappa shape index (κ1) is 9.35. The Balaban J connectivity index is 0.000000845. The fraction of sp³-hybridized carbons (Fsp3) is 0. The van der Waals surface area contributed by atoms with Gasteiger partial charge < -0.3 is 6.15 Å². The van der Waals surface area contributed by atoms with Gasteiger partial charge in [0, 0.05) is 5.56 Å². The number of rotatable bonds is 0. The van der Waals surface area contributed by atoms with Crippen molar-refractivity contribution in [1.82, 2.24) is 6.15 Å². The second-order valence-corrected chi connectivity index (χ2v) is 2.61. The van der Waals surface area contributed by atoms with E-state index in [-0.39, 0.29) is 6.15 Å². The molecule has 0 unspecified atom stereocenters. The molecule has 13 heavy (non-hydrogen) atoms. The summed E-state index contributed by atoms with van der Waals surface area (Å²) in [5.41, 5.74) is 1.33. The van der Waals surface area contributed by atoms with Crippen LogP contribution in [0.15, 0.2) is 30.3 Å². The largest absolute Gasteiger partial charge is 0.344 e. The zero-order valence-electron chi connectivity index (χ0n) is 6.99. The van der Waals surface area contributed by atoms with E-state index in [0.717, 1.165) is 5.56 Å². The molecule has 0 radical (unpaired) electrons. The molecule has 1 aliphatic carbocycles. The molecule has 1 aromatic carbocycles. The molecule has 3 nitrogen and oxygen atoms in total. The van der Waals surface area contributed by atoms with Crippen molar-refractivity contribution in [2.75, 3.05) is 0 Å². The van der Waals surface area contributed by atoms with Crippen LogP contribution in [-0.2, 0) is 4.79 Å².